The molecule has 0 fully saturated rings. The number of para-hydroxylation sites is 1. The summed E-state index contributed by atoms with van der Waals surface area (Å²) < 4.78 is 6.96. The molecule has 0 atom stereocenters. The number of phenolic OH excluding ortho intramolecular Hbond substituents is 1. The van der Waals surface area contributed by atoms with Crippen molar-refractivity contribution in [2.75, 3.05) is 12.4 Å². The van der Waals surface area contributed by atoms with E-state index in [-0.39, 0.29) is 5.75 Å². The summed E-state index contributed by atoms with van der Waals surface area (Å²) in [6.07, 6.45) is 3.72. The van der Waals surface area contributed by atoms with Crippen LogP contribution < -0.4 is 10.1 Å². The number of benzene rings is 1. The summed E-state index contributed by atoms with van der Waals surface area (Å²) in [5, 5.41) is 17.5. The summed E-state index contributed by atoms with van der Waals surface area (Å²) >= 11 is 0. The van der Waals surface area contributed by atoms with E-state index in [1.807, 2.05) is 23.0 Å². The molecule has 5 heteroatoms. The fourth-order valence-corrected chi connectivity index (χ4v) is 1.78. The molecule has 0 saturated carbocycles. The van der Waals surface area contributed by atoms with Gasteiger partial charge in [-0.25, -0.2) is 0 Å². The molecule has 0 aliphatic heterocycles. The van der Waals surface area contributed by atoms with Crippen LogP contribution in [-0.4, -0.2) is 22.0 Å². The first-order valence-corrected chi connectivity index (χ1v) is 6.24. The largest absolute Gasteiger partial charge is 0.504 e. The number of nitrogens with zero attached hydrogens (tertiary/aromatic N) is 2. The Labute approximate surface area is 112 Å². The molecule has 5 nitrogen and oxygen atoms in total. The van der Waals surface area contributed by atoms with Crippen LogP contribution in [0.15, 0.2) is 30.6 Å². The highest BCUT2D eigenvalue weighted by Gasteiger charge is 2.07. The van der Waals surface area contributed by atoms with E-state index in [4.69, 9.17) is 4.74 Å². The molecule has 0 saturated heterocycles. The summed E-state index contributed by atoms with van der Waals surface area (Å²) in [5.41, 5.74) is 1.72. The molecule has 1 aromatic carbocycles. The average molecular weight is 261 g/mol. The number of nitrogens with one attached hydrogen (secondary N) is 1. The number of aromatic hydroxyl groups is 1. The molecule has 2 rings (SSSR count). The molecular weight excluding hydrogens is 242 g/mol. The Morgan fingerprint density at radius 3 is 2.84 bits per heavy atom. The summed E-state index contributed by atoms with van der Waals surface area (Å²) in [6, 6.07) is 5.78. The zero-order valence-electron chi connectivity index (χ0n) is 11.4. The number of anilines is 1. The Morgan fingerprint density at radius 1 is 1.42 bits per heavy atom. The van der Waals surface area contributed by atoms with Gasteiger partial charge in [0, 0.05) is 24.3 Å². The topological polar surface area (TPSA) is 59.3 Å². The van der Waals surface area contributed by atoms with Gasteiger partial charge in [-0.05, 0) is 19.9 Å². The Kier molecular flexibility index (Phi) is 3.94. The van der Waals surface area contributed by atoms with Crippen LogP contribution in [0.4, 0.5) is 5.69 Å². The van der Waals surface area contributed by atoms with Gasteiger partial charge in [-0.15, -0.1) is 0 Å². The van der Waals surface area contributed by atoms with Gasteiger partial charge in [-0.3, -0.25) is 4.68 Å². The zero-order valence-corrected chi connectivity index (χ0v) is 11.4. The summed E-state index contributed by atoms with van der Waals surface area (Å²) in [5.74, 6) is 0.658. The van der Waals surface area contributed by atoms with Gasteiger partial charge in [-0.2, -0.15) is 5.10 Å². The molecule has 1 aromatic heterocycles. The van der Waals surface area contributed by atoms with Gasteiger partial charge in [-0.1, -0.05) is 12.1 Å². The van der Waals surface area contributed by atoms with Gasteiger partial charge < -0.3 is 15.2 Å². The van der Waals surface area contributed by atoms with Crippen LogP contribution in [0.2, 0.25) is 0 Å². The quantitative estimate of drug-likeness (QED) is 0.869. The van der Waals surface area contributed by atoms with E-state index in [1.54, 1.807) is 19.4 Å². The van der Waals surface area contributed by atoms with Gasteiger partial charge in [0.25, 0.3) is 0 Å². The second-order valence-electron chi connectivity index (χ2n) is 4.62. The number of methoxy groups -OCH3 is 1. The lowest BCUT2D eigenvalue weighted by Gasteiger charge is -2.09. The van der Waals surface area contributed by atoms with Crippen molar-refractivity contribution in [3.8, 4) is 11.5 Å². The molecule has 0 unspecified atom stereocenters. The zero-order chi connectivity index (χ0) is 13.8. The normalized spacial score (nSPS) is 10.7. The summed E-state index contributed by atoms with van der Waals surface area (Å²) in [4.78, 5) is 0. The second-order valence-corrected chi connectivity index (χ2v) is 4.62. The van der Waals surface area contributed by atoms with E-state index >= 15 is 0 Å². The fraction of sp³-hybridized carbons (Fsp3) is 0.357. The van der Waals surface area contributed by atoms with Crippen LogP contribution >= 0.6 is 0 Å². The van der Waals surface area contributed by atoms with Crippen molar-refractivity contribution in [3.05, 3.63) is 36.2 Å². The number of aromatic nitrogens is 2. The Hall–Kier alpha value is -2.17. The van der Waals surface area contributed by atoms with Crippen LogP contribution in [0.3, 0.4) is 0 Å². The van der Waals surface area contributed by atoms with Crippen LogP contribution in [0.25, 0.3) is 0 Å². The maximum Gasteiger partial charge on any atom is 0.162 e. The third kappa shape index (κ3) is 2.99. The molecule has 0 amide bonds. The predicted molar refractivity (Wildman–Crippen MR) is 74.6 cm³/mol. The maximum absolute atomic E-state index is 9.97. The Morgan fingerprint density at radius 2 is 2.21 bits per heavy atom. The Balaban J connectivity index is 2.06. The second kappa shape index (κ2) is 5.65. The molecule has 0 aliphatic carbocycles. The van der Waals surface area contributed by atoms with E-state index in [1.165, 1.54) is 0 Å². The molecular formula is C14H19N3O2. The number of hydrogen-bond donors (Lipinski definition) is 2. The van der Waals surface area contributed by atoms with Gasteiger partial charge in [0.05, 0.1) is 19.0 Å². The number of ether oxygens (including phenoxy) is 1. The first-order valence-electron chi connectivity index (χ1n) is 6.24. The Bertz CT molecular complexity index is 549. The highest BCUT2D eigenvalue weighted by molar-refractivity contribution is 5.48. The lowest BCUT2D eigenvalue weighted by molar-refractivity contribution is 0.371. The predicted octanol–water partition coefficient (Wildman–Crippen LogP) is 2.79. The summed E-state index contributed by atoms with van der Waals surface area (Å²) in [7, 11) is 1.54. The molecule has 0 spiro atoms. The van der Waals surface area contributed by atoms with E-state index in [0.717, 1.165) is 11.3 Å². The highest BCUT2D eigenvalue weighted by atomic mass is 16.5. The van der Waals surface area contributed by atoms with Crippen molar-refractivity contribution in [1.82, 2.24) is 9.78 Å². The number of rotatable bonds is 5. The van der Waals surface area contributed by atoms with E-state index in [2.05, 4.69) is 24.3 Å². The number of hydrogen-bond acceptors (Lipinski definition) is 4. The van der Waals surface area contributed by atoms with Gasteiger partial charge in [0.15, 0.2) is 11.5 Å². The van der Waals surface area contributed by atoms with Crippen LogP contribution in [-0.2, 0) is 6.54 Å². The van der Waals surface area contributed by atoms with Crippen molar-refractivity contribution in [1.29, 1.82) is 0 Å². The minimum Gasteiger partial charge on any atom is -0.504 e. The van der Waals surface area contributed by atoms with Crippen molar-refractivity contribution >= 4 is 5.69 Å². The summed E-state index contributed by atoms with van der Waals surface area (Å²) in [6.45, 7) is 4.67. The van der Waals surface area contributed by atoms with Crippen molar-refractivity contribution in [3.63, 3.8) is 0 Å². The van der Waals surface area contributed by atoms with Crippen LogP contribution in [0.5, 0.6) is 11.5 Å². The first kappa shape index (κ1) is 13.3. The molecule has 0 aliphatic rings. The van der Waals surface area contributed by atoms with E-state index in [9.17, 15) is 5.11 Å². The third-order valence-electron chi connectivity index (χ3n) is 2.92. The van der Waals surface area contributed by atoms with Crippen molar-refractivity contribution in [2.45, 2.75) is 26.4 Å². The highest BCUT2D eigenvalue weighted by Crippen LogP contribution is 2.29. The van der Waals surface area contributed by atoms with Crippen molar-refractivity contribution < 1.29 is 9.84 Å². The number of phenols is 1. The molecule has 2 N–H and O–H groups in total. The minimum atomic E-state index is 0.175. The van der Waals surface area contributed by atoms with E-state index < -0.39 is 0 Å². The SMILES string of the molecule is COc1cccc(CNc2cnn(C(C)C)c2)c1O. The third-order valence-corrected chi connectivity index (χ3v) is 2.92. The molecule has 19 heavy (non-hydrogen) atoms. The molecule has 0 radical (unpaired) electrons. The monoisotopic (exact) mass is 261 g/mol. The standard InChI is InChI=1S/C14H19N3O2/c1-10(2)17-9-12(8-16-17)15-7-11-5-4-6-13(19-3)14(11)18/h4-6,8-10,15,18H,7H2,1-3H3. The molecule has 102 valence electrons. The van der Waals surface area contributed by atoms with Crippen molar-refractivity contribution in [2.24, 2.45) is 0 Å². The fourth-order valence-electron chi connectivity index (χ4n) is 1.78. The molecule has 2 aromatic rings. The molecule has 0 bridgehead atoms. The smallest absolute Gasteiger partial charge is 0.162 e. The van der Waals surface area contributed by atoms with Crippen LogP contribution in [0.1, 0.15) is 25.5 Å². The molecule has 1 heterocycles. The lowest BCUT2D eigenvalue weighted by atomic mass is 10.2. The minimum absolute atomic E-state index is 0.175. The van der Waals surface area contributed by atoms with Gasteiger partial charge in [0.2, 0.25) is 0 Å². The van der Waals surface area contributed by atoms with Gasteiger partial charge in [0.1, 0.15) is 0 Å². The van der Waals surface area contributed by atoms with Gasteiger partial charge >= 0.3 is 0 Å². The average Bonchev–Trinajstić information content (AvgIpc) is 2.86. The lowest BCUT2D eigenvalue weighted by Crippen LogP contribution is -2.01. The maximum atomic E-state index is 9.97. The van der Waals surface area contributed by atoms with Crippen LogP contribution in [0, 0.1) is 0 Å². The van der Waals surface area contributed by atoms with E-state index in [0.29, 0.717) is 18.3 Å². The first-order chi connectivity index (χ1) is 9.11.